The third-order valence-corrected chi connectivity index (χ3v) is 2.60. The number of halogens is 1. The standard InChI is InChI=1S/C11H10ClNO5/c1-2-18-10(15)5-7-3-9(13(16)17)4-8(6-14)11(7)12/h3-4,6H,2,5H2,1H3. The minimum atomic E-state index is -0.655. The zero-order valence-corrected chi connectivity index (χ0v) is 10.3. The van der Waals surface area contributed by atoms with Crippen molar-refractivity contribution < 1.29 is 19.2 Å². The molecule has 0 N–H and O–H groups in total. The molecule has 0 spiro atoms. The average molecular weight is 272 g/mol. The van der Waals surface area contributed by atoms with Gasteiger partial charge in [0.15, 0.2) is 6.29 Å². The highest BCUT2D eigenvalue weighted by Gasteiger charge is 2.17. The van der Waals surface area contributed by atoms with Crippen molar-refractivity contribution in [1.82, 2.24) is 0 Å². The van der Waals surface area contributed by atoms with Gasteiger partial charge in [0.25, 0.3) is 5.69 Å². The van der Waals surface area contributed by atoms with Crippen molar-refractivity contribution in [2.75, 3.05) is 6.61 Å². The molecule has 0 aromatic heterocycles. The largest absolute Gasteiger partial charge is 0.466 e. The number of esters is 1. The summed E-state index contributed by atoms with van der Waals surface area (Å²) < 4.78 is 4.72. The normalized spacial score (nSPS) is 9.89. The number of nitro benzene ring substituents is 1. The fourth-order valence-electron chi connectivity index (χ4n) is 1.38. The maximum Gasteiger partial charge on any atom is 0.310 e. The minimum absolute atomic E-state index is 0.0230. The number of nitro groups is 1. The summed E-state index contributed by atoms with van der Waals surface area (Å²) in [5.74, 6) is -0.559. The first kappa shape index (κ1) is 14.1. The van der Waals surface area contributed by atoms with Crippen molar-refractivity contribution in [3.05, 3.63) is 38.4 Å². The van der Waals surface area contributed by atoms with Crippen molar-refractivity contribution in [2.24, 2.45) is 0 Å². The summed E-state index contributed by atoms with van der Waals surface area (Å²) in [6, 6.07) is 2.22. The van der Waals surface area contributed by atoms with Gasteiger partial charge in [-0.2, -0.15) is 0 Å². The maximum absolute atomic E-state index is 11.3. The number of aldehydes is 1. The second-order valence-corrected chi connectivity index (χ2v) is 3.74. The molecule has 0 bridgehead atoms. The molecule has 96 valence electrons. The van der Waals surface area contributed by atoms with E-state index in [0.29, 0.717) is 6.29 Å². The van der Waals surface area contributed by atoms with E-state index in [1.54, 1.807) is 6.92 Å². The Labute approximate surface area is 108 Å². The molecule has 0 amide bonds. The van der Waals surface area contributed by atoms with Crippen LogP contribution in [0.1, 0.15) is 22.8 Å². The smallest absolute Gasteiger partial charge is 0.310 e. The Bertz CT molecular complexity index is 500. The lowest BCUT2D eigenvalue weighted by Gasteiger charge is -2.06. The van der Waals surface area contributed by atoms with Crippen LogP contribution in [0.15, 0.2) is 12.1 Å². The highest BCUT2D eigenvalue weighted by atomic mass is 35.5. The van der Waals surface area contributed by atoms with E-state index in [0.717, 1.165) is 12.1 Å². The Morgan fingerprint density at radius 2 is 2.22 bits per heavy atom. The molecule has 7 heteroatoms. The van der Waals surface area contributed by atoms with Crippen molar-refractivity contribution in [3.63, 3.8) is 0 Å². The van der Waals surface area contributed by atoms with E-state index in [1.807, 2.05) is 0 Å². The molecule has 18 heavy (non-hydrogen) atoms. The number of hydrogen-bond donors (Lipinski definition) is 0. The number of carbonyl (C=O) groups excluding carboxylic acids is 2. The summed E-state index contributed by atoms with van der Waals surface area (Å²) in [5, 5.41) is 10.7. The Morgan fingerprint density at radius 3 is 2.72 bits per heavy atom. The average Bonchev–Trinajstić information content (AvgIpc) is 2.31. The van der Waals surface area contributed by atoms with E-state index in [4.69, 9.17) is 16.3 Å². The lowest BCUT2D eigenvalue weighted by molar-refractivity contribution is -0.384. The number of rotatable bonds is 5. The Balaban J connectivity index is 3.16. The van der Waals surface area contributed by atoms with Gasteiger partial charge in [-0.3, -0.25) is 19.7 Å². The molecule has 0 unspecified atom stereocenters. The maximum atomic E-state index is 11.3. The lowest BCUT2D eigenvalue weighted by atomic mass is 10.1. The molecule has 0 saturated heterocycles. The first-order chi connectivity index (χ1) is 8.49. The van der Waals surface area contributed by atoms with Crippen molar-refractivity contribution in [3.8, 4) is 0 Å². The summed E-state index contributed by atoms with van der Waals surface area (Å²) in [7, 11) is 0. The number of benzene rings is 1. The SMILES string of the molecule is CCOC(=O)Cc1cc([N+](=O)[O-])cc(C=O)c1Cl. The van der Waals surface area contributed by atoms with Gasteiger partial charge in [0, 0.05) is 17.7 Å². The first-order valence-electron chi connectivity index (χ1n) is 5.07. The van der Waals surface area contributed by atoms with Crippen LogP contribution in [0.2, 0.25) is 5.02 Å². The summed E-state index contributed by atoms with van der Waals surface area (Å²) >= 11 is 5.87. The third-order valence-electron chi connectivity index (χ3n) is 2.14. The van der Waals surface area contributed by atoms with Crippen LogP contribution in [-0.4, -0.2) is 23.8 Å². The third kappa shape index (κ3) is 3.27. The molecule has 0 aliphatic heterocycles. The van der Waals surface area contributed by atoms with Crippen LogP contribution >= 0.6 is 11.6 Å². The number of carbonyl (C=O) groups is 2. The molecule has 1 rings (SSSR count). The summed E-state index contributed by atoms with van der Waals surface area (Å²) in [6.07, 6.45) is 0.194. The Hall–Kier alpha value is -1.95. The van der Waals surface area contributed by atoms with Gasteiger partial charge in [0.2, 0.25) is 0 Å². The molecule has 1 aromatic carbocycles. The first-order valence-corrected chi connectivity index (χ1v) is 5.45. The van der Waals surface area contributed by atoms with Gasteiger partial charge in [-0.05, 0) is 12.5 Å². The van der Waals surface area contributed by atoms with Crippen LogP contribution < -0.4 is 0 Å². The zero-order valence-electron chi connectivity index (χ0n) is 9.51. The molecule has 6 nitrogen and oxygen atoms in total. The Morgan fingerprint density at radius 1 is 1.56 bits per heavy atom. The quantitative estimate of drug-likeness (QED) is 0.354. The van der Waals surface area contributed by atoms with Gasteiger partial charge >= 0.3 is 5.97 Å². The van der Waals surface area contributed by atoms with Gasteiger partial charge in [0.1, 0.15) is 0 Å². The summed E-state index contributed by atoms with van der Waals surface area (Å²) in [5.41, 5.74) is -0.114. The van der Waals surface area contributed by atoms with Crippen LogP contribution in [0.25, 0.3) is 0 Å². The van der Waals surface area contributed by atoms with E-state index in [-0.39, 0.29) is 34.9 Å². The van der Waals surface area contributed by atoms with Crippen LogP contribution in [0.3, 0.4) is 0 Å². The molecule has 0 aliphatic carbocycles. The molecule has 0 aliphatic rings. The number of non-ortho nitro benzene ring substituents is 1. The Kier molecular flexibility index (Phi) is 4.79. The summed E-state index contributed by atoms with van der Waals surface area (Å²) in [6.45, 7) is 1.84. The van der Waals surface area contributed by atoms with Crippen molar-refractivity contribution >= 4 is 29.5 Å². The minimum Gasteiger partial charge on any atom is -0.466 e. The fraction of sp³-hybridized carbons (Fsp3) is 0.273. The number of ether oxygens (including phenoxy) is 1. The van der Waals surface area contributed by atoms with E-state index < -0.39 is 10.9 Å². The predicted molar refractivity (Wildman–Crippen MR) is 63.8 cm³/mol. The van der Waals surface area contributed by atoms with Gasteiger partial charge < -0.3 is 4.74 Å². The van der Waals surface area contributed by atoms with E-state index >= 15 is 0 Å². The molecular formula is C11H10ClNO5. The van der Waals surface area contributed by atoms with Gasteiger partial charge in [-0.1, -0.05) is 11.6 Å². The predicted octanol–water partition coefficient (Wildman–Crippen LogP) is 2.17. The highest BCUT2D eigenvalue weighted by molar-refractivity contribution is 6.34. The molecule has 0 radical (unpaired) electrons. The molecule has 1 aromatic rings. The molecule has 0 atom stereocenters. The van der Waals surface area contributed by atoms with Crippen LogP contribution in [-0.2, 0) is 16.0 Å². The second kappa shape index (κ2) is 6.11. The summed E-state index contributed by atoms with van der Waals surface area (Å²) in [4.78, 5) is 32.1. The van der Waals surface area contributed by atoms with Gasteiger partial charge in [-0.15, -0.1) is 0 Å². The van der Waals surface area contributed by atoms with E-state index in [1.165, 1.54) is 0 Å². The van der Waals surface area contributed by atoms with Crippen molar-refractivity contribution in [2.45, 2.75) is 13.3 Å². The van der Waals surface area contributed by atoms with Crippen LogP contribution in [0.4, 0.5) is 5.69 Å². The van der Waals surface area contributed by atoms with Gasteiger partial charge in [0.05, 0.1) is 23.0 Å². The molecular weight excluding hydrogens is 262 g/mol. The van der Waals surface area contributed by atoms with Gasteiger partial charge in [-0.25, -0.2) is 0 Å². The zero-order chi connectivity index (χ0) is 13.7. The molecule has 0 heterocycles. The topological polar surface area (TPSA) is 86.5 Å². The van der Waals surface area contributed by atoms with E-state index in [2.05, 4.69) is 0 Å². The monoisotopic (exact) mass is 271 g/mol. The molecule has 0 saturated carbocycles. The highest BCUT2D eigenvalue weighted by Crippen LogP contribution is 2.26. The van der Waals surface area contributed by atoms with Crippen molar-refractivity contribution in [1.29, 1.82) is 0 Å². The van der Waals surface area contributed by atoms with Crippen LogP contribution in [0, 0.1) is 10.1 Å². The number of hydrogen-bond acceptors (Lipinski definition) is 5. The second-order valence-electron chi connectivity index (χ2n) is 3.36. The van der Waals surface area contributed by atoms with Crippen LogP contribution in [0.5, 0.6) is 0 Å². The van der Waals surface area contributed by atoms with E-state index in [9.17, 15) is 19.7 Å². The lowest BCUT2D eigenvalue weighted by Crippen LogP contribution is -2.09. The fourth-order valence-corrected chi connectivity index (χ4v) is 1.60. The number of nitrogens with zero attached hydrogens (tertiary/aromatic N) is 1. The molecule has 0 fully saturated rings.